The highest BCUT2D eigenvalue weighted by molar-refractivity contribution is 7.15. The Labute approximate surface area is 157 Å². The highest BCUT2D eigenvalue weighted by atomic mass is 35.5. The molecule has 0 fully saturated rings. The molecule has 2 heterocycles. The number of ether oxygens (including phenoxy) is 1. The fraction of sp³-hybridized carbons (Fsp3) is 0.188. The van der Waals surface area contributed by atoms with Gasteiger partial charge < -0.3 is 9.26 Å². The van der Waals surface area contributed by atoms with E-state index >= 15 is 0 Å². The number of nitrogens with zero attached hydrogens (tertiary/aromatic N) is 2. The molecular formula is C16H13Cl2N3O3S. The van der Waals surface area contributed by atoms with Gasteiger partial charge in [-0.25, -0.2) is 4.98 Å². The maximum absolute atomic E-state index is 11.9. The SMILES string of the molecule is Cc1cc(OCC(=O)Nc2ncc(Cc3cccc(Cl)c3Cl)s2)no1. The largest absolute Gasteiger partial charge is 0.465 e. The summed E-state index contributed by atoms with van der Waals surface area (Å²) in [5.41, 5.74) is 0.903. The summed E-state index contributed by atoms with van der Waals surface area (Å²) in [5.74, 6) is 0.546. The number of aromatic nitrogens is 2. The van der Waals surface area contributed by atoms with Gasteiger partial charge in [-0.15, -0.1) is 11.3 Å². The van der Waals surface area contributed by atoms with E-state index in [0.717, 1.165) is 10.4 Å². The molecule has 0 spiro atoms. The van der Waals surface area contributed by atoms with Crippen molar-refractivity contribution in [2.45, 2.75) is 13.3 Å². The summed E-state index contributed by atoms with van der Waals surface area (Å²) in [5, 5.41) is 7.85. The number of benzene rings is 1. The molecule has 0 aliphatic rings. The van der Waals surface area contributed by atoms with Crippen LogP contribution in [0.4, 0.5) is 5.13 Å². The van der Waals surface area contributed by atoms with Crippen LogP contribution in [-0.2, 0) is 11.2 Å². The number of anilines is 1. The fourth-order valence-corrected chi connectivity index (χ4v) is 3.26. The molecule has 2 aromatic heterocycles. The van der Waals surface area contributed by atoms with Gasteiger partial charge in [0.15, 0.2) is 11.7 Å². The molecule has 0 aliphatic carbocycles. The van der Waals surface area contributed by atoms with Crippen molar-refractivity contribution in [3.8, 4) is 5.88 Å². The molecule has 0 saturated carbocycles. The maximum Gasteiger partial charge on any atom is 0.264 e. The van der Waals surface area contributed by atoms with E-state index in [1.54, 1.807) is 25.3 Å². The number of aryl methyl sites for hydroxylation is 1. The highest BCUT2D eigenvalue weighted by Gasteiger charge is 2.11. The molecule has 1 N–H and O–H groups in total. The van der Waals surface area contributed by atoms with Gasteiger partial charge in [0.2, 0.25) is 0 Å². The van der Waals surface area contributed by atoms with Crippen LogP contribution in [0.5, 0.6) is 5.88 Å². The van der Waals surface area contributed by atoms with Gasteiger partial charge in [-0.2, -0.15) is 0 Å². The normalized spacial score (nSPS) is 10.7. The zero-order valence-corrected chi connectivity index (χ0v) is 15.4. The van der Waals surface area contributed by atoms with Crippen molar-refractivity contribution < 1.29 is 14.1 Å². The van der Waals surface area contributed by atoms with Gasteiger partial charge in [0, 0.05) is 23.6 Å². The topological polar surface area (TPSA) is 77.2 Å². The molecule has 25 heavy (non-hydrogen) atoms. The van der Waals surface area contributed by atoms with Crippen LogP contribution in [0.2, 0.25) is 10.0 Å². The Morgan fingerprint density at radius 3 is 3.00 bits per heavy atom. The van der Waals surface area contributed by atoms with E-state index < -0.39 is 0 Å². The van der Waals surface area contributed by atoms with Crippen LogP contribution in [0.25, 0.3) is 0 Å². The number of amides is 1. The number of hydrogen-bond acceptors (Lipinski definition) is 6. The van der Waals surface area contributed by atoms with Crippen molar-refractivity contribution in [2.75, 3.05) is 11.9 Å². The van der Waals surface area contributed by atoms with Gasteiger partial charge in [-0.3, -0.25) is 10.1 Å². The summed E-state index contributed by atoms with van der Waals surface area (Å²) in [4.78, 5) is 17.0. The fourth-order valence-electron chi connectivity index (χ4n) is 2.03. The number of thiazole rings is 1. The molecule has 0 radical (unpaired) electrons. The number of carbonyl (C=O) groups is 1. The van der Waals surface area contributed by atoms with E-state index in [1.807, 2.05) is 12.1 Å². The van der Waals surface area contributed by atoms with Crippen LogP contribution in [0, 0.1) is 6.92 Å². The Bertz CT molecular complexity index is 894. The zero-order chi connectivity index (χ0) is 17.8. The first kappa shape index (κ1) is 17.7. The van der Waals surface area contributed by atoms with Crippen LogP contribution in [0.3, 0.4) is 0 Å². The lowest BCUT2D eigenvalue weighted by atomic mass is 10.1. The van der Waals surface area contributed by atoms with Gasteiger partial charge in [-0.1, -0.05) is 35.3 Å². The molecule has 0 unspecified atom stereocenters. The Balaban J connectivity index is 1.56. The highest BCUT2D eigenvalue weighted by Crippen LogP contribution is 2.29. The Morgan fingerprint density at radius 2 is 2.24 bits per heavy atom. The molecule has 0 saturated heterocycles. The predicted molar refractivity (Wildman–Crippen MR) is 96.7 cm³/mol. The van der Waals surface area contributed by atoms with Crippen molar-refractivity contribution in [1.82, 2.24) is 10.1 Å². The van der Waals surface area contributed by atoms with Crippen molar-refractivity contribution in [1.29, 1.82) is 0 Å². The second kappa shape index (κ2) is 7.86. The Morgan fingerprint density at radius 1 is 1.40 bits per heavy atom. The third-order valence-corrected chi connectivity index (χ3v) is 4.92. The molecule has 6 nitrogen and oxygen atoms in total. The lowest BCUT2D eigenvalue weighted by Gasteiger charge is -2.03. The summed E-state index contributed by atoms with van der Waals surface area (Å²) < 4.78 is 10.1. The second-order valence-corrected chi connectivity index (χ2v) is 7.03. The molecule has 9 heteroatoms. The van der Waals surface area contributed by atoms with E-state index in [2.05, 4.69) is 15.5 Å². The number of rotatable bonds is 6. The standard InChI is InChI=1S/C16H13Cl2N3O3S/c1-9-5-14(21-24-9)23-8-13(22)20-16-19-7-11(25-16)6-10-3-2-4-12(17)15(10)18/h2-5,7H,6,8H2,1H3,(H,19,20,22). The summed E-state index contributed by atoms with van der Waals surface area (Å²) in [7, 11) is 0. The van der Waals surface area contributed by atoms with Gasteiger partial charge in [0.25, 0.3) is 11.8 Å². The lowest BCUT2D eigenvalue weighted by Crippen LogP contribution is -2.20. The van der Waals surface area contributed by atoms with Crippen molar-refractivity contribution in [2.24, 2.45) is 0 Å². The third-order valence-electron chi connectivity index (χ3n) is 3.15. The van der Waals surface area contributed by atoms with Crippen LogP contribution < -0.4 is 10.1 Å². The summed E-state index contributed by atoms with van der Waals surface area (Å²) in [6, 6.07) is 7.09. The minimum absolute atomic E-state index is 0.180. The average Bonchev–Trinajstić information content (AvgIpc) is 3.19. The molecular weight excluding hydrogens is 385 g/mol. The monoisotopic (exact) mass is 397 g/mol. The average molecular weight is 398 g/mol. The molecule has 3 rings (SSSR count). The third kappa shape index (κ3) is 4.72. The van der Waals surface area contributed by atoms with Crippen LogP contribution in [-0.4, -0.2) is 22.7 Å². The van der Waals surface area contributed by atoms with Crippen molar-refractivity contribution >= 4 is 45.6 Å². The molecule has 1 aromatic carbocycles. The molecule has 3 aromatic rings. The predicted octanol–water partition coefficient (Wildman–Crippen LogP) is 4.35. The molecule has 0 aliphatic heterocycles. The zero-order valence-electron chi connectivity index (χ0n) is 13.1. The van der Waals surface area contributed by atoms with Gasteiger partial charge >= 0.3 is 0 Å². The Kier molecular flexibility index (Phi) is 5.57. The van der Waals surface area contributed by atoms with E-state index in [-0.39, 0.29) is 18.4 Å². The van der Waals surface area contributed by atoms with Crippen LogP contribution in [0.1, 0.15) is 16.2 Å². The van der Waals surface area contributed by atoms with Gasteiger partial charge in [0.1, 0.15) is 5.76 Å². The number of hydrogen-bond donors (Lipinski definition) is 1. The number of nitrogens with one attached hydrogen (secondary N) is 1. The molecule has 0 bridgehead atoms. The van der Waals surface area contributed by atoms with E-state index in [1.165, 1.54) is 11.3 Å². The van der Waals surface area contributed by atoms with E-state index in [4.69, 9.17) is 32.5 Å². The van der Waals surface area contributed by atoms with Gasteiger partial charge in [-0.05, 0) is 23.7 Å². The van der Waals surface area contributed by atoms with E-state index in [9.17, 15) is 4.79 Å². The minimum atomic E-state index is -0.331. The minimum Gasteiger partial charge on any atom is -0.465 e. The summed E-state index contributed by atoms with van der Waals surface area (Å²) >= 11 is 13.6. The molecule has 1 amide bonds. The molecule has 130 valence electrons. The molecule has 0 atom stereocenters. The van der Waals surface area contributed by atoms with Crippen molar-refractivity contribution in [3.63, 3.8) is 0 Å². The Hall–Kier alpha value is -2.09. The smallest absolute Gasteiger partial charge is 0.264 e. The summed E-state index contributed by atoms with van der Waals surface area (Å²) in [6.07, 6.45) is 2.28. The van der Waals surface area contributed by atoms with Crippen LogP contribution in [0.15, 0.2) is 35.0 Å². The van der Waals surface area contributed by atoms with Crippen LogP contribution >= 0.6 is 34.5 Å². The summed E-state index contributed by atoms with van der Waals surface area (Å²) in [6.45, 7) is 1.56. The first-order valence-electron chi connectivity index (χ1n) is 7.25. The van der Waals surface area contributed by atoms with Crippen molar-refractivity contribution in [3.05, 3.63) is 56.7 Å². The maximum atomic E-state index is 11.9. The quantitative estimate of drug-likeness (QED) is 0.668. The lowest BCUT2D eigenvalue weighted by molar-refractivity contribution is -0.118. The van der Waals surface area contributed by atoms with E-state index in [0.29, 0.717) is 27.4 Å². The second-order valence-electron chi connectivity index (χ2n) is 5.13. The first-order chi connectivity index (χ1) is 12.0. The number of carbonyl (C=O) groups excluding carboxylic acids is 1. The van der Waals surface area contributed by atoms with Gasteiger partial charge in [0.05, 0.1) is 10.0 Å². The number of halogens is 2. The first-order valence-corrected chi connectivity index (χ1v) is 8.82.